The molecule has 0 unspecified atom stereocenters. The van der Waals surface area contributed by atoms with E-state index in [1.807, 2.05) is 35.2 Å². The monoisotopic (exact) mass is 400 g/mol. The Morgan fingerprint density at radius 2 is 1.79 bits per heavy atom. The van der Waals surface area contributed by atoms with Gasteiger partial charge in [-0.2, -0.15) is 0 Å². The fourth-order valence-electron chi connectivity index (χ4n) is 4.44. The van der Waals surface area contributed by atoms with Crippen molar-refractivity contribution in [3.05, 3.63) is 65.7 Å². The second-order valence-corrected chi connectivity index (χ2v) is 7.78. The van der Waals surface area contributed by atoms with Crippen molar-refractivity contribution >= 4 is 18.3 Å². The van der Waals surface area contributed by atoms with Crippen LogP contribution >= 0.6 is 12.4 Å². The van der Waals surface area contributed by atoms with Crippen LogP contribution < -0.4 is 10.5 Å². The predicted molar refractivity (Wildman–Crippen MR) is 114 cm³/mol. The van der Waals surface area contributed by atoms with Crippen molar-refractivity contribution in [1.82, 2.24) is 4.90 Å². The van der Waals surface area contributed by atoms with Gasteiger partial charge in [-0.05, 0) is 61.9 Å². The van der Waals surface area contributed by atoms with Crippen molar-refractivity contribution in [2.45, 2.75) is 37.7 Å². The van der Waals surface area contributed by atoms with Crippen LogP contribution in [0.4, 0.5) is 0 Å². The van der Waals surface area contributed by atoms with Crippen molar-refractivity contribution in [1.29, 1.82) is 0 Å². The van der Waals surface area contributed by atoms with E-state index in [-0.39, 0.29) is 18.3 Å². The maximum atomic E-state index is 13.1. The Labute approximate surface area is 173 Å². The summed E-state index contributed by atoms with van der Waals surface area (Å²) in [6, 6.07) is 18.1. The van der Waals surface area contributed by atoms with Gasteiger partial charge in [0.15, 0.2) is 0 Å². The molecule has 1 aliphatic carbocycles. The number of amides is 1. The molecule has 2 fully saturated rings. The van der Waals surface area contributed by atoms with Gasteiger partial charge < -0.3 is 15.4 Å². The van der Waals surface area contributed by atoms with Gasteiger partial charge in [0.2, 0.25) is 0 Å². The first-order valence-electron chi connectivity index (χ1n) is 10.1. The van der Waals surface area contributed by atoms with Crippen molar-refractivity contribution in [2.75, 3.05) is 19.6 Å². The smallest absolute Gasteiger partial charge is 0.254 e. The zero-order valence-electron chi connectivity index (χ0n) is 16.1. The molecule has 5 heteroatoms. The largest absolute Gasteiger partial charge is 0.490 e. The Kier molecular flexibility index (Phi) is 6.97. The normalized spacial score (nSPS) is 22.1. The summed E-state index contributed by atoms with van der Waals surface area (Å²) in [4.78, 5) is 15.1. The first-order valence-corrected chi connectivity index (χ1v) is 10.1. The molecule has 0 spiro atoms. The van der Waals surface area contributed by atoms with E-state index in [4.69, 9.17) is 10.5 Å². The lowest BCUT2D eigenvalue weighted by molar-refractivity contribution is 0.0785. The molecule has 150 valence electrons. The van der Waals surface area contributed by atoms with Crippen LogP contribution in [0, 0.1) is 5.92 Å². The maximum absolute atomic E-state index is 13.1. The number of hydrogen-bond acceptors (Lipinski definition) is 3. The molecule has 2 aliphatic rings. The van der Waals surface area contributed by atoms with Crippen molar-refractivity contribution < 1.29 is 9.53 Å². The molecule has 4 rings (SSSR count). The van der Waals surface area contributed by atoms with Crippen LogP contribution in [0.1, 0.15) is 47.5 Å². The minimum atomic E-state index is 0. The van der Waals surface area contributed by atoms with Gasteiger partial charge in [-0.1, -0.05) is 36.4 Å². The predicted octanol–water partition coefficient (Wildman–Crippen LogP) is 4.24. The number of rotatable bonds is 5. The quantitative estimate of drug-likeness (QED) is 0.816. The lowest BCUT2D eigenvalue weighted by Crippen LogP contribution is -2.29. The standard InChI is InChI=1S/C23H28N2O2.ClH/c24-14-19-15-25(16-22(19)17-7-2-1-3-8-17)23(26)18-9-6-12-21(13-18)27-20-10-4-5-11-20;/h1-3,6-9,12-13,19-20,22H,4-5,10-11,14-16,24H2;1H/t19-,22+;/m1./s1. The Bertz CT molecular complexity index is 777. The highest BCUT2D eigenvalue weighted by atomic mass is 35.5. The molecule has 4 nitrogen and oxygen atoms in total. The highest BCUT2D eigenvalue weighted by Crippen LogP contribution is 2.33. The summed E-state index contributed by atoms with van der Waals surface area (Å²) in [6.45, 7) is 2.02. The molecular weight excluding hydrogens is 372 g/mol. The van der Waals surface area contributed by atoms with Gasteiger partial charge in [0.1, 0.15) is 5.75 Å². The molecule has 1 heterocycles. The third-order valence-electron chi connectivity index (χ3n) is 5.94. The van der Waals surface area contributed by atoms with Gasteiger partial charge in [0.05, 0.1) is 6.10 Å². The van der Waals surface area contributed by atoms with Gasteiger partial charge in [0.25, 0.3) is 5.91 Å². The zero-order valence-corrected chi connectivity index (χ0v) is 16.9. The highest BCUT2D eigenvalue weighted by molar-refractivity contribution is 5.94. The number of nitrogens with two attached hydrogens (primary N) is 1. The number of nitrogens with zero attached hydrogens (tertiary/aromatic N) is 1. The molecule has 2 N–H and O–H groups in total. The number of benzene rings is 2. The molecule has 0 radical (unpaired) electrons. The van der Waals surface area contributed by atoms with E-state index >= 15 is 0 Å². The number of carbonyl (C=O) groups excluding carboxylic acids is 1. The number of hydrogen-bond donors (Lipinski definition) is 1. The van der Waals surface area contributed by atoms with Crippen LogP contribution in [-0.2, 0) is 0 Å². The third kappa shape index (κ3) is 4.50. The van der Waals surface area contributed by atoms with E-state index in [1.54, 1.807) is 0 Å². The average molecular weight is 401 g/mol. The second kappa shape index (κ2) is 9.44. The van der Waals surface area contributed by atoms with Crippen molar-refractivity contribution in [3.63, 3.8) is 0 Å². The summed E-state index contributed by atoms with van der Waals surface area (Å²) in [7, 11) is 0. The van der Waals surface area contributed by atoms with E-state index in [1.165, 1.54) is 18.4 Å². The van der Waals surface area contributed by atoms with Crippen LogP contribution in [-0.4, -0.2) is 36.5 Å². The van der Waals surface area contributed by atoms with Gasteiger partial charge >= 0.3 is 0 Å². The Morgan fingerprint density at radius 3 is 2.50 bits per heavy atom. The molecular formula is C23H29ClN2O2. The maximum Gasteiger partial charge on any atom is 0.254 e. The minimum absolute atomic E-state index is 0. The van der Waals surface area contributed by atoms with Gasteiger partial charge in [-0.15, -0.1) is 12.4 Å². The summed E-state index contributed by atoms with van der Waals surface area (Å²) in [5, 5.41) is 0. The van der Waals surface area contributed by atoms with E-state index < -0.39 is 0 Å². The third-order valence-corrected chi connectivity index (χ3v) is 5.94. The molecule has 1 saturated carbocycles. The van der Waals surface area contributed by atoms with Crippen molar-refractivity contribution in [2.24, 2.45) is 11.7 Å². The van der Waals surface area contributed by atoms with Gasteiger partial charge in [-0.25, -0.2) is 0 Å². The summed E-state index contributed by atoms with van der Waals surface area (Å²) in [5.41, 5.74) is 7.99. The summed E-state index contributed by atoms with van der Waals surface area (Å²) in [6.07, 6.45) is 4.99. The number of ether oxygens (including phenoxy) is 1. The minimum Gasteiger partial charge on any atom is -0.490 e. The van der Waals surface area contributed by atoms with E-state index in [0.29, 0.717) is 36.6 Å². The molecule has 2 aromatic carbocycles. The van der Waals surface area contributed by atoms with Crippen molar-refractivity contribution in [3.8, 4) is 5.75 Å². The van der Waals surface area contributed by atoms with E-state index in [0.717, 1.165) is 25.1 Å². The number of halogens is 1. The molecule has 0 bridgehead atoms. The van der Waals surface area contributed by atoms with Gasteiger partial charge in [0, 0.05) is 24.6 Å². The first-order chi connectivity index (χ1) is 13.2. The van der Waals surface area contributed by atoms with E-state index in [2.05, 4.69) is 24.3 Å². The molecule has 2 atom stereocenters. The number of carbonyl (C=O) groups is 1. The molecule has 0 aromatic heterocycles. The summed E-state index contributed by atoms with van der Waals surface area (Å²) < 4.78 is 6.07. The first kappa shape index (κ1) is 20.7. The lowest BCUT2D eigenvalue weighted by Gasteiger charge is -2.18. The zero-order chi connectivity index (χ0) is 18.6. The fraction of sp³-hybridized carbons (Fsp3) is 0.435. The SMILES string of the molecule is Cl.NC[C@@H]1CN(C(=O)c2cccc(OC3CCCC3)c2)C[C@H]1c1ccccc1. The Morgan fingerprint density at radius 1 is 1.04 bits per heavy atom. The van der Waals surface area contributed by atoms with E-state index in [9.17, 15) is 4.79 Å². The van der Waals surface area contributed by atoms with Crippen LogP contribution in [0.2, 0.25) is 0 Å². The lowest BCUT2D eigenvalue weighted by atomic mass is 9.89. The molecule has 28 heavy (non-hydrogen) atoms. The molecule has 2 aromatic rings. The van der Waals surface area contributed by atoms with Crippen LogP contribution in [0.15, 0.2) is 54.6 Å². The van der Waals surface area contributed by atoms with Gasteiger partial charge in [-0.3, -0.25) is 4.79 Å². The number of likely N-dealkylation sites (tertiary alicyclic amines) is 1. The highest BCUT2D eigenvalue weighted by Gasteiger charge is 2.35. The topological polar surface area (TPSA) is 55.6 Å². The summed E-state index contributed by atoms with van der Waals surface area (Å²) in [5.74, 6) is 1.48. The fourth-order valence-corrected chi connectivity index (χ4v) is 4.44. The molecule has 1 saturated heterocycles. The van der Waals surface area contributed by atoms with Crippen LogP contribution in [0.5, 0.6) is 5.75 Å². The Balaban J connectivity index is 0.00000225. The second-order valence-electron chi connectivity index (χ2n) is 7.78. The molecule has 1 amide bonds. The average Bonchev–Trinajstić information content (AvgIpc) is 3.38. The Hall–Kier alpha value is -2.04. The van der Waals surface area contributed by atoms with Crippen LogP contribution in [0.25, 0.3) is 0 Å². The summed E-state index contributed by atoms with van der Waals surface area (Å²) >= 11 is 0. The van der Waals surface area contributed by atoms with Crippen LogP contribution in [0.3, 0.4) is 0 Å². The molecule has 1 aliphatic heterocycles.